The van der Waals surface area contributed by atoms with Crippen molar-refractivity contribution in [2.75, 3.05) is 47.4 Å². The summed E-state index contributed by atoms with van der Waals surface area (Å²) in [5.74, 6) is 0.871. The minimum absolute atomic E-state index is 0.286. The van der Waals surface area contributed by atoms with Crippen LogP contribution in [0, 0.1) is 0 Å². The molecule has 3 rings (SSSR count). The van der Waals surface area contributed by atoms with Gasteiger partial charge in [-0.25, -0.2) is 4.98 Å². The van der Waals surface area contributed by atoms with Gasteiger partial charge in [0, 0.05) is 37.1 Å². The van der Waals surface area contributed by atoms with Gasteiger partial charge < -0.3 is 14.4 Å². The van der Waals surface area contributed by atoms with Gasteiger partial charge in [-0.05, 0) is 38.4 Å². The molecule has 130 valence electrons. The highest BCUT2D eigenvalue weighted by Crippen LogP contribution is 2.26. The molecule has 0 bridgehead atoms. The molecule has 5 nitrogen and oxygen atoms in total. The van der Waals surface area contributed by atoms with E-state index in [1.807, 2.05) is 12.1 Å². The van der Waals surface area contributed by atoms with Crippen molar-refractivity contribution in [1.82, 2.24) is 14.8 Å². The Morgan fingerprint density at radius 1 is 1.33 bits per heavy atom. The molecule has 1 fully saturated rings. The first kappa shape index (κ1) is 17.4. The van der Waals surface area contributed by atoms with E-state index in [-0.39, 0.29) is 6.10 Å². The maximum absolute atomic E-state index is 5.84. The molecule has 0 spiro atoms. The van der Waals surface area contributed by atoms with Crippen molar-refractivity contribution in [2.24, 2.45) is 0 Å². The monoisotopic (exact) mass is 347 g/mol. The average Bonchev–Trinajstić information content (AvgIpc) is 3.03. The Morgan fingerprint density at radius 2 is 2.12 bits per heavy atom. The largest absolute Gasteiger partial charge is 0.497 e. The second-order valence-electron chi connectivity index (χ2n) is 6.36. The predicted molar refractivity (Wildman–Crippen MR) is 97.7 cm³/mol. The maximum Gasteiger partial charge on any atom is 0.123 e. The standard InChI is InChI=1S/C18H25N3O2S/c1-20(2)11-17-12-21(8-9-23-17)10-15-13-24-18(19-15)14-4-6-16(22-3)7-5-14/h4-7,13,17H,8-12H2,1-3H3. The van der Waals surface area contributed by atoms with Crippen molar-refractivity contribution in [3.05, 3.63) is 35.3 Å². The van der Waals surface area contributed by atoms with E-state index in [1.165, 1.54) is 0 Å². The number of nitrogens with zero attached hydrogens (tertiary/aromatic N) is 3. The number of ether oxygens (including phenoxy) is 2. The van der Waals surface area contributed by atoms with Crippen molar-refractivity contribution in [3.63, 3.8) is 0 Å². The molecule has 1 saturated heterocycles. The molecule has 1 unspecified atom stereocenters. The first-order valence-corrected chi connectivity index (χ1v) is 9.09. The van der Waals surface area contributed by atoms with E-state index in [4.69, 9.17) is 14.5 Å². The number of aromatic nitrogens is 1. The molecule has 0 N–H and O–H groups in total. The quantitative estimate of drug-likeness (QED) is 0.803. The van der Waals surface area contributed by atoms with E-state index in [2.05, 4.69) is 41.4 Å². The molecule has 2 heterocycles. The van der Waals surface area contributed by atoms with Crippen LogP contribution in [0.1, 0.15) is 5.69 Å². The van der Waals surface area contributed by atoms with Crippen LogP contribution in [-0.4, -0.2) is 68.3 Å². The van der Waals surface area contributed by atoms with Gasteiger partial charge in [-0.2, -0.15) is 0 Å². The van der Waals surface area contributed by atoms with E-state index >= 15 is 0 Å². The minimum Gasteiger partial charge on any atom is -0.497 e. The van der Waals surface area contributed by atoms with Gasteiger partial charge in [-0.3, -0.25) is 4.90 Å². The second kappa shape index (κ2) is 8.07. The van der Waals surface area contributed by atoms with Gasteiger partial charge in [0.1, 0.15) is 10.8 Å². The van der Waals surface area contributed by atoms with Gasteiger partial charge in [-0.15, -0.1) is 11.3 Å². The Morgan fingerprint density at radius 3 is 2.83 bits per heavy atom. The third kappa shape index (κ3) is 4.54. The first-order valence-electron chi connectivity index (χ1n) is 8.21. The molecule has 1 aliphatic heterocycles. The highest BCUT2D eigenvalue weighted by molar-refractivity contribution is 7.13. The molecule has 0 amide bonds. The van der Waals surface area contributed by atoms with Gasteiger partial charge in [0.2, 0.25) is 0 Å². The number of likely N-dealkylation sites (N-methyl/N-ethyl adjacent to an activating group) is 1. The number of benzene rings is 1. The Kier molecular flexibility index (Phi) is 5.84. The van der Waals surface area contributed by atoms with E-state index in [1.54, 1.807) is 18.4 Å². The fraction of sp³-hybridized carbons (Fsp3) is 0.500. The van der Waals surface area contributed by atoms with Crippen molar-refractivity contribution in [1.29, 1.82) is 0 Å². The lowest BCUT2D eigenvalue weighted by Gasteiger charge is -2.33. The molecule has 6 heteroatoms. The summed E-state index contributed by atoms with van der Waals surface area (Å²) in [5.41, 5.74) is 2.27. The summed E-state index contributed by atoms with van der Waals surface area (Å²) in [6.07, 6.45) is 0.286. The lowest BCUT2D eigenvalue weighted by Crippen LogP contribution is -2.46. The summed E-state index contributed by atoms with van der Waals surface area (Å²) in [5, 5.41) is 3.22. The van der Waals surface area contributed by atoms with E-state index in [0.29, 0.717) is 0 Å². The molecule has 1 aliphatic rings. The molecule has 0 radical (unpaired) electrons. The van der Waals surface area contributed by atoms with Crippen LogP contribution in [0.3, 0.4) is 0 Å². The summed E-state index contributed by atoms with van der Waals surface area (Å²) in [6, 6.07) is 8.07. The lowest BCUT2D eigenvalue weighted by molar-refractivity contribution is -0.0409. The third-order valence-corrected chi connectivity index (χ3v) is 5.01. The SMILES string of the molecule is COc1ccc(-c2nc(CN3CCOC(CN(C)C)C3)cs2)cc1. The summed E-state index contributed by atoms with van der Waals surface area (Å²) in [7, 11) is 5.86. The molecule has 2 aromatic rings. The average molecular weight is 347 g/mol. The molecule has 1 aromatic heterocycles. The Labute approximate surface area is 147 Å². The van der Waals surface area contributed by atoms with Crippen LogP contribution in [0.15, 0.2) is 29.6 Å². The van der Waals surface area contributed by atoms with Crippen LogP contribution >= 0.6 is 11.3 Å². The summed E-state index contributed by atoms with van der Waals surface area (Å²) < 4.78 is 11.0. The Hall–Kier alpha value is -1.47. The molecular formula is C18H25N3O2S. The zero-order chi connectivity index (χ0) is 16.9. The van der Waals surface area contributed by atoms with Crippen LogP contribution in [0.2, 0.25) is 0 Å². The zero-order valence-electron chi connectivity index (χ0n) is 14.6. The van der Waals surface area contributed by atoms with E-state index in [0.717, 1.165) is 54.8 Å². The zero-order valence-corrected chi connectivity index (χ0v) is 15.4. The normalized spacial score (nSPS) is 18.9. The molecular weight excluding hydrogens is 322 g/mol. The van der Waals surface area contributed by atoms with Crippen molar-refractivity contribution < 1.29 is 9.47 Å². The highest BCUT2D eigenvalue weighted by atomic mass is 32.1. The molecule has 1 atom stereocenters. The van der Waals surface area contributed by atoms with Crippen LogP contribution in [-0.2, 0) is 11.3 Å². The van der Waals surface area contributed by atoms with E-state index < -0.39 is 0 Å². The van der Waals surface area contributed by atoms with Crippen molar-refractivity contribution >= 4 is 11.3 Å². The van der Waals surface area contributed by atoms with Crippen LogP contribution in [0.25, 0.3) is 10.6 Å². The Bertz CT molecular complexity index is 642. The summed E-state index contributed by atoms with van der Waals surface area (Å²) in [4.78, 5) is 9.42. The number of hydrogen-bond acceptors (Lipinski definition) is 6. The van der Waals surface area contributed by atoms with Crippen LogP contribution in [0.5, 0.6) is 5.75 Å². The lowest BCUT2D eigenvalue weighted by atomic mass is 10.2. The van der Waals surface area contributed by atoms with Crippen molar-refractivity contribution in [2.45, 2.75) is 12.6 Å². The minimum atomic E-state index is 0.286. The number of hydrogen-bond donors (Lipinski definition) is 0. The molecule has 0 aliphatic carbocycles. The molecule has 1 aromatic carbocycles. The topological polar surface area (TPSA) is 37.8 Å². The second-order valence-corrected chi connectivity index (χ2v) is 7.22. The molecule has 24 heavy (non-hydrogen) atoms. The number of methoxy groups -OCH3 is 1. The third-order valence-electron chi connectivity index (χ3n) is 4.07. The van der Waals surface area contributed by atoms with E-state index in [9.17, 15) is 0 Å². The first-order chi connectivity index (χ1) is 11.6. The van der Waals surface area contributed by atoms with Gasteiger partial charge in [0.25, 0.3) is 0 Å². The summed E-state index contributed by atoms with van der Waals surface area (Å²) >= 11 is 1.70. The fourth-order valence-corrected chi connectivity index (χ4v) is 3.73. The van der Waals surface area contributed by atoms with Crippen LogP contribution in [0.4, 0.5) is 0 Å². The molecule has 0 saturated carbocycles. The Balaban J connectivity index is 1.61. The maximum atomic E-state index is 5.84. The summed E-state index contributed by atoms with van der Waals surface area (Å²) in [6.45, 7) is 4.59. The van der Waals surface area contributed by atoms with Gasteiger partial charge >= 0.3 is 0 Å². The van der Waals surface area contributed by atoms with Gasteiger partial charge in [-0.1, -0.05) is 0 Å². The fourth-order valence-electron chi connectivity index (χ4n) is 2.92. The predicted octanol–water partition coefficient (Wildman–Crippen LogP) is 2.58. The highest BCUT2D eigenvalue weighted by Gasteiger charge is 2.21. The number of rotatable bonds is 6. The number of morpholine rings is 1. The van der Waals surface area contributed by atoms with Crippen molar-refractivity contribution in [3.8, 4) is 16.3 Å². The van der Waals surface area contributed by atoms with Gasteiger partial charge in [0.05, 0.1) is 25.5 Å². The number of thiazole rings is 1. The van der Waals surface area contributed by atoms with Crippen LogP contribution < -0.4 is 4.74 Å². The smallest absolute Gasteiger partial charge is 0.123 e. The van der Waals surface area contributed by atoms with Gasteiger partial charge in [0.15, 0.2) is 0 Å².